The average molecular weight is 308 g/mol. The van der Waals surface area contributed by atoms with Crippen LogP contribution in [0.1, 0.15) is 57.2 Å². The minimum atomic E-state index is 0.291. The summed E-state index contributed by atoms with van der Waals surface area (Å²) in [6.45, 7) is 12.5. The summed E-state index contributed by atoms with van der Waals surface area (Å²) in [5.74, 6) is 0.872. The Hall–Kier alpha value is -0.450. The highest BCUT2D eigenvalue weighted by Crippen LogP contribution is 2.46. The van der Waals surface area contributed by atoms with E-state index < -0.39 is 0 Å². The van der Waals surface area contributed by atoms with E-state index in [1.165, 1.54) is 36.4 Å². The number of hydrogen-bond acceptors (Lipinski definition) is 4. The van der Waals surface area contributed by atoms with Gasteiger partial charge in [0.2, 0.25) is 0 Å². The molecule has 1 saturated heterocycles. The summed E-state index contributed by atoms with van der Waals surface area (Å²) < 4.78 is 0. The molecule has 1 aromatic heterocycles. The highest BCUT2D eigenvalue weighted by Gasteiger charge is 2.51. The lowest BCUT2D eigenvalue weighted by molar-refractivity contribution is -0.00915. The molecule has 1 unspecified atom stereocenters. The van der Waals surface area contributed by atoms with Crippen LogP contribution in [0.25, 0.3) is 0 Å². The first-order chi connectivity index (χ1) is 10.0. The minimum Gasteiger partial charge on any atom is -0.308 e. The topological polar surface area (TPSA) is 28.2 Å². The van der Waals surface area contributed by atoms with E-state index in [-0.39, 0.29) is 0 Å². The maximum atomic E-state index is 4.71. The van der Waals surface area contributed by atoms with Gasteiger partial charge in [-0.2, -0.15) is 0 Å². The van der Waals surface area contributed by atoms with E-state index in [4.69, 9.17) is 4.98 Å². The van der Waals surface area contributed by atoms with Crippen molar-refractivity contribution in [2.24, 2.45) is 5.92 Å². The minimum absolute atomic E-state index is 0.291. The molecule has 2 heterocycles. The predicted molar refractivity (Wildman–Crippen MR) is 89.7 cm³/mol. The number of hydrogen-bond donors (Lipinski definition) is 1. The van der Waals surface area contributed by atoms with Gasteiger partial charge in [0.25, 0.3) is 0 Å². The molecule has 1 aromatic rings. The monoisotopic (exact) mass is 307 g/mol. The van der Waals surface area contributed by atoms with Crippen molar-refractivity contribution in [2.45, 2.75) is 71.0 Å². The van der Waals surface area contributed by atoms with E-state index in [0.717, 1.165) is 25.6 Å². The van der Waals surface area contributed by atoms with Gasteiger partial charge in [0.1, 0.15) is 0 Å². The number of aromatic nitrogens is 1. The molecule has 118 valence electrons. The summed E-state index contributed by atoms with van der Waals surface area (Å²) in [5, 5.41) is 7.33. The van der Waals surface area contributed by atoms with E-state index in [1.807, 2.05) is 0 Å². The first-order valence-corrected chi connectivity index (χ1v) is 9.30. The highest BCUT2D eigenvalue weighted by atomic mass is 32.1. The Bertz CT molecular complexity index is 490. The molecular formula is C17H29N3S. The van der Waals surface area contributed by atoms with Gasteiger partial charge in [0.15, 0.2) is 0 Å². The number of aryl methyl sites for hydroxylation is 1. The second-order valence-corrected chi connectivity index (χ2v) is 8.25. The van der Waals surface area contributed by atoms with Crippen LogP contribution in [0.3, 0.4) is 0 Å². The summed E-state index contributed by atoms with van der Waals surface area (Å²) in [6, 6.07) is 0. The molecule has 0 radical (unpaired) electrons. The summed E-state index contributed by atoms with van der Waals surface area (Å²) in [5.41, 5.74) is 1.86. The van der Waals surface area contributed by atoms with Crippen LogP contribution < -0.4 is 5.32 Å². The van der Waals surface area contributed by atoms with Crippen molar-refractivity contribution in [1.82, 2.24) is 15.2 Å². The van der Waals surface area contributed by atoms with Gasteiger partial charge in [-0.1, -0.05) is 13.8 Å². The molecule has 3 rings (SSSR count). The average Bonchev–Trinajstić information content (AvgIpc) is 3.26. The zero-order valence-corrected chi connectivity index (χ0v) is 14.7. The Morgan fingerprint density at radius 3 is 2.62 bits per heavy atom. The quantitative estimate of drug-likeness (QED) is 0.901. The summed E-state index contributed by atoms with van der Waals surface area (Å²) in [6.07, 6.45) is 5.21. The Labute approximate surface area is 133 Å². The highest BCUT2D eigenvalue weighted by molar-refractivity contribution is 7.09. The normalized spacial score (nSPS) is 29.7. The molecule has 3 nitrogen and oxygen atoms in total. The zero-order valence-electron chi connectivity index (χ0n) is 13.9. The largest absolute Gasteiger partial charge is 0.308 e. The molecule has 0 bridgehead atoms. The van der Waals surface area contributed by atoms with Crippen LogP contribution in [0.5, 0.6) is 0 Å². The molecule has 2 aliphatic rings. The molecule has 0 spiro atoms. The Morgan fingerprint density at radius 1 is 1.38 bits per heavy atom. The van der Waals surface area contributed by atoms with Crippen molar-refractivity contribution in [3.63, 3.8) is 0 Å². The number of piperazine rings is 1. The fourth-order valence-corrected chi connectivity index (χ4v) is 4.43. The van der Waals surface area contributed by atoms with Crippen LogP contribution in [-0.2, 0) is 6.54 Å². The van der Waals surface area contributed by atoms with Gasteiger partial charge < -0.3 is 5.32 Å². The maximum absolute atomic E-state index is 4.71. The first-order valence-electron chi connectivity index (χ1n) is 8.42. The van der Waals surface area contributed by atoms with Crippen molar-refractivity contribution in [1.29, 1.82) is 0 Å². The van der Waals surface area contributed by atoms with E-state index in [9.17, 15) is 0 Å². The van der Waals surface area contributed by atoms with E-state index in [2.05, 4.69) is 43.3 Å². The van der Waals surface area contributed by atoms with Gasteiger partial charge in [0.05, 0.1) is 10.7 Å². The van der Waals surface area contributed by atoms with Crippen LogP contribution in [0.2, 0.25) is 0 Å². The molecule has 1 saturated carbocycles. The molecule has 21 heavy (non-hydrogen) atoms. The van der Waals surface area contributed by atoms with Gasteiger partial charge in [-0.05, 0) is 45.4 Å². The van der Waals surface area contributed by atoms with E-state index in [1.54, 1.807) is 11.3 Å². The smallest absolute Gasteiger partial charge is 0.0897 e. The lowest BCUT2D eigenvalue weighted by atomic mass is 9.81. The summed E-state index contributed by atoms with van der Waals surface area (Å²) in [4.78, 5) is 7.44. The van der Waals surface area contributed by atoms with Crippen LogP contribution in [-0.4, -0.2) is 34.1 Å². The molecular weight excluding hydrogens is 278 g/mol. The van der Waals surface area contributed by atoms with Crippen LogP contribution in [0, 0.1) is 12.8 Å². The van der Waals surface area contributed by atoms with Gasteiger partial charge in [0, 0.05) is 36.1 Å². The molecule has 1 atom stereocenters. The summed E-state index contributed by atoms with van der Waals surface area (Å²) >= 11 is 1.78. The third-order valence-electron chi connectivity index (χ3n) is 5.87. The van der Waals surface area contributed by atoms with Crippen molar-refractivity contribution >= 4 is 11.3 Å². The molecule has 0 aromatic carbocycles. The number of nitrogens with zero attached hydrogens (tertiary/aromatic N) is 2. The van der Waals surface area contributed by atoms with Crippen LogP contribution in [0.15, 0.2) is 5.38 Å². The summed E-state index contributed by atoms with van der Waals surface area (Å²) in [7, 11) is 0. The number of nitrogens with one attached hydrogen (secondary N) is 1. The second kappa shape index (κ2) is 5.64. The fourth-order valence-electron chi connectivity index (χ4n) is 3.82. The number of thiazole rings is 1. The SMILES string of the molecule is CCC1(CC)CN(Cc2csc(C)n2)C(C)(C2CC2)CN1. The number of rotatable bonds is 5. The maximum Gasteiger partial charge on any atom is 0.0897 e. The van der Waals surface area contributed by atoms with Gasteiger partial charge in [-0.3, -0.25) is 4.90 Å². The van der Waals surface area contributed by atoms with Crippen LogP contribution >= 0.6 is 11.3 Å². The molecule has 4 heteroatoms. The van der Waals surface area contributed by atoms with Crippen LogP contribution in [0.4, 0.5) is 0 Å². The molecule has 2 fully saturated rings. The molecule has 1 aliphatic carbocycles. The fraction of sp³-hybridized carbons (Fsp3) is 0.824. The van der Waals surface area contributed by atoms with Crippen molar-refractivity contribution in [3.05, 3.63) is 16.1 Å². The van der Waals surface area contributed by atoms with Gasteiger partial charge in [-0.25, -0.2) is 4.98 Å². The lowest BCUT2D eigenvalue weighted by Crippen LogP contribution is -2.69. The molecule has 1 aliphatic heterocycles. The lowest BCUT2D eigenvalue weighted by Gasteiger charge is -2.53. The van der Waals surface area contributed by atoms with Gasteiger partial charge in [-0.15, -0.1) is 11.3 Å². The van der Waals surface area contributed by atoms with Crippen molar-refractivity contribution < 1.29 is 0 Å². The zero-order chi connectivity index (χ0) is 15.1. The molecule has 0 amide bonds. The van der Waals surface area contributed by atoms with Crippen molar-refractivity contribution in [2.75, 3.05) is 13.1 Å². The third kappa shape index (κ3) is 2.90. The molecule has 1 N–H and O–H groups in total. The third-order valence-corrected chi connectivity index (χ3v) is 6.69. The van der Waals surface area contributed by atoms with Gasteiger partial charge >= 0.3 is 0 Å². The second-order valence-electron chi connectivity index (χ2n) is 7.19. The Balaban J connectivity index is 1.82. The Morgan fingerprint density at radius 2 is 2.10 bits per heavy atom. The Kier molecular flexibility index (Phi) is 4.15. The van der Waals surface area contributed by atoms with Crippen molar-refractivity contribution in [3.8, 4) is 0 Å². The first kappa shape index (κ1) is 15.4. The standard InChI is InChI=1S/C17H29N3S/c1-5-17(6-2)12-20(9-15-10-21-13(3)19-15)16(4,11-18-17)14-7-8-14/h10,14,18H,5-9,11-12H2,1-4H3. The van der Waals surface area contributed by atoms with E-state index >= 15 is 0 Å². The van der Waals surface area contributed by atoms with E-state index in [0.29, 0.717) is 11.1 Å². The predicted octanol–water partition coefficient (Wildman–Crippen LogP) is 3.58.